The van der Waals surface area contributed by atoms with E-state index in [1.807, 2.05) is 30.3 Å². The number of aliphatic carboxylic acids is 1. The molecule has 2 N–H and O–H groups in total. The van der Waals surface area contributed by atoms with Crippen molar-refractivity contribution in [1.82, 2.24) is 14.8 Å². The van der Waals surface area contributed by atoms with Gasteiger partial charge in [0.15, 0.2) is 0 Å². The Labute approximate surface area is 187 Å². The topological polar surface area (TPSA) is 112 Å². The first kappa shape index (κ1) is 20.9. The molecule has 0 spiro atoms. The van der Waals surface area contributed by atoms with Crippen LogP contribution in [-0.4, -0.2) is 26.6 Å². The number of anilines is 2. The molecule has 0 saturated carbocycles. The molecule has 1 aliphatic heterocycles. The highest BCUT2D eigenvalue weighted by Crippen LogP contribution is 2.33. The quantitative estimate of drug-likeness (QED) is 0.589. The monoisotopic (exact) mass is 456 g/mol. The van der Waals surface area contributed by atoms with Crippen molar-refractivity contribution in [2.45, 2.75) is 18.9 Å². The van der Waals surface area contributed by atoms with Crippen molar-refractivity contribution in [3.05, 3.63) is 75.8 Å². The number of carboxylic acids is 1. The fourth-order valence-corrected chi connectivity index (χ4v) is 3.40. The van der Waals surface area contributed by atoms with Gasteiger partial charge < -0.3 is 15.2 Å². The molecule has 0 aliphatic carbocycles. The van der Waals surface area contributed by atoms with Crippen LogP contribution in [0.2, 0.25) is 10.0 Å². The summed E-state index contributed by atoms with van der Waals surface area (Å²) in [5.74, 6) is -1.33. The summed E-state index contributed by atoms with van der Waals surface area (Å²) in [7, 11) is 0. The highest BCUT2D eigenvalue weighted by atomic mass is 35.5. The fourth-order valence-electron chi connectivity index (χ4n) is 3.14. The third kappa shape index (κ3) is 4.87. The number of hydrogen-bond donors (Lipinski definition) is 2. The van der Waals surface area contributed by atoms with Crippen molar-refractivity contribution >= 4 is 52.7 Å². The molecule has 10 heteroatoms. The summed E-state index contributed by atoms with van der Waals surface area (Å²) in [4.78, 5) is 26.9. The number of nitrogens with zero attached hydrogens (tertiary/aromatic N) is 3. The minimum atomic E-state index is -1.30. The Kier molecular flexibility index (Phi) is 5.92. The van der Waals surface area contributed by atoms with Crippen LogP contribution in [-0.2, 0) is 9.59 Å². The lowest BCUT2D eigenvalue weighted by molar-refractivity contribution is -0.305. The summed E-state index contributed by atoms with van der Waals surface area (Å²) in [6, 6.07) is 14.4. The number of fused-ring (bicyclic) bond motifs is 1. The number of nitrogens with one attached hydrogen (secondary N) is 2. The second-order valence-corrected chi connectivity index (χ2v) is 7.71. The molecule has 8 nitrogen and oxygen atoms in total. The van der Waals surface area contributed by atoms with Crippen LogP contribution in [0.15, 0.2) is 54.6 Å². The van der Waals surface area contributed by atoms with Crippen LogP contribution in [0, 0.1) is 0 Å². The Morgan fingerprint density at radius 3 is 2.32 bits per heavy atom. The van der Waals surface area contributed by atoms with Crippen LogP contribution in [0.4, 0.5) is 11.9 Å². The Hall–Kier alpha value is -3.36. The first-order valence-electron chi connectivity index (χ1n) is 9.35. The van der Waals surface area contributed by atoms with Crippen LogP contribution in [0.1, 0.15) is 30.0 Å². The van der Waals surface area contributed by atoms with Gasteiger partial charge in [0.2, 0.25) is 11.9 Å². The Morgan fingerprint density at radius 1 is 1.03 bits per heavy atom. The largest absolute Gasteiger partial charge is 0.550 e. The van der Waals surface area contributed by atoms with E-state index in [0.29, 0.717) is 16.0 Å². The van der Waals surface area contributed by atoms with Gasteiger partial charge in [0.1, 0.15) is 6.04 Å². The molecular weight excluding hydrogens is 441 g/mol. The van der Waals surface area contributed by atoms with E-state index in [1.54, 1.807) is 28.9 Å². The van der Waals surface area contributed by atoms with Gasteiger partial charge in [-0.25, -0.2) is 4.68 Å². The van der Waals surface area contributed by atoms with Gasteiger partial charge in [0, 0.05) is 28.1 Å². The molecule has 4 rings (SSSR count). The van der Waals surface area contributed by atoms with Crippen LogP contribution >= 0.6 is 23.2 Å². The molecule has 3 aromatic rings. The number of carboxylic acid groups (broad SMARTS) is 1. The highest BCUT2D eigenvalue weighted by Gasteiger charge is 2.25. The summed E-state index contributed by atoms with van der Waals surface area (Å²) in [6.45, 7) is 0. The average Bonchev–Trinajstić information content (AvgIpc) is 3.15. The molecule has 1 aliphatic rings. The lowest BCUT2D eigenvalue weighted by Crippen LogP contribution is -2.24. The van der Waals surface area contributed by atoms with Gasteiger partial charge in [-0.05, 0) is 47.9 Å². The predicted molar refractivity (Wildman–Crippen MR) is 116 cm³/mol. The number of hydrogen-bond acceptors (Lipinski definition) is 6. The van der Waals surface area contributed by atoms with Crippen LogP contribution in [0.5, 0.6) is 0 Å². The zero-order valence-electron chi connectivity index (χ0n) is 16.0. The molecule has 2 aromatic carbocycles. The van der Waals surface area contributed by atoms with E-state index in [0.717, 1.165) is 16.8 Å². The van der Waals surface area contributed by atoms with Crippen molar-refractivity contribution in [3.8, 4) is 0 Å². The van der Waals surface area contributed by atoms with E-state index < -0.39 is 11.9 Å². The lowest BCUT2D eigenvalue weighted by atomic mass is 10.0. The number of aromatic nitrogens is 3. The van der Waals surface area contributed by atoms with E-state index in [2.05, 4.69) is 20.7 Å². The smallest absolute Gasteiger partial charge is 0.250 e. The van der Waals surface area contributed by atoms with Crippen molar-refractivity contribution < 1.29 is 14.7 Å². The van der Waals surface area contributed by atoms with Crippen molar-refractivity contribution in [3.63, 3.8) is 0 Å². The number of rotatable bonds is 6. The maximum absolute atomic E-state index is 12.0. The molecule has 0 radical (unpaired) electrons. The molecule has 31 heavy (non-hydrogen) atoms. The SMILES string of the molecule is O=C([O-])CCC(=O)Nc1nc2n(n1)[C@@H](c1ccc(Cl)cc1)C=C(c1ccc(Cl)cc1)N2. The molecule has 0 saturated heterocycles. The number of halogens is 2. The molecule has 0 bridgehead atoms. The van der Waals surface area contributed by atoms with Crippen LogP contribution in [0.3, 0.4) is 0 Å². The lowest BCUT2D eigenvalue weighted by Gasteiger charge is -2.24. The molecule has 158 valence electrons. The summed E-state index contributed by atoms with van der Waals surface area (Å²) in [5.41, 5.74) is 2.61. The van der Waals surface area contributed by atoms with Gasteiger partial charge in [0.05, 0.1) is 0 Å². The summed E-state index contributed by atoms with van der Waals surface area (Å²) >= 11 is 12.0. The van der Waals surface area contributed by atoms with Gasteiger partial charge in [0.25, 0.3) is 5.95 Å². The van der Waals surface area contributed by atoms with Gasteiger partial charge in [-0.3, -0.25) is 10.1 Å². The van der Waals surface area contributed by atoms with Crippen LogP contribution < -0.4 is 15.7 Å². The van der Waals surface area contributed by atoms with Gasteiger partial charge in [-0.1, -0.05) is 47.5 Å². The third-order valence-corrected chi connectivity index (χ3v) is 5.14. The Bertz CT molecular complexity index is 1160. The molecule has 2 heterocycles. The first-order valence-corrected chi connectivity index (χ1v) is 10.1. The predicted octanol–water partition coefficient (Wildman–Crippen LogP) is 3.11. The molecule has 1 aromatic heterocycles. The molecule has 1 amide bonds. The van der Waals surface area contributed by atoms with Crippen molar-refractivity contribution in [2.24, 2.45) is 0 Å². The van der Waals surface area contributed by atoms with E-state index in [9.17, 15) is 14.7 Å². The average molecular weight is 457 g/mol. The standard InChI is InChI=1S/C21H17Cl2N5O3/c22-14-5-1-12(2-6-14)16-11-17(13-3-7-15(23)8-4-13)28-21(24-16)26-20(27-28)25-18(29)9-10-19(30)31/h1-8,11,17H,9-10H2,(H,30,31)(H2,24,25,26,27,29)/p-1/t17-/m1/s1. The number of allylic oxidation sites excluding steroid dienone is 1. The number of carbonyl (C=O) groups excluding carboxylic acids is 2. The van der Waals surface area contributed by atoms with Crippen molar-refractivity contribution in [2.75, 3.05) is 10.6 Å². The first-order chi connectivity index (χ1) is 14.9. The fraction of sp³-hybridized carbons (Fsp3) is 0.143. The van der Waals surface area contributed by atoms with Crippen LogP contribution in [0.25, 0.3) is 5.70 Å². The summed E-state index contributed by atoms with van der Waals surface area (Å²) in [5, 5.41) is 21.9. The Morgan fingerprint density at radius 2 is 1.68 bits per heavy atom. The van der Waals surface area contributed by atoms with Gasteiger partial charge in [-0.2, -0.15) is 4.98 Å². The zero-order chi connectivity index (χ0) is 22.0. The molecule has 1 atom stereocenters. The normalized spacial score (nSPS) is 14.9. The molecular formula is C21H16Cl2N5O3-. The van der Waals surface area contributed by atoms with Gasteiger partial charge in [-0.15, -0.1) is 5.10 Å². The Balaban J connectivity index is 1.67. The number of amides is 1. The minimum Gasteiger partial charge on any atom is -0.550 e. The maximum Gasteiger partial charge on any atom is 0.250 e. The zero-order valence-corrected chi connectivity index (χ0v) is 17.5. The summed E-state index contributed by atoms with van der Waals surface area (Å²) < 4.78 is 1.64. The summed E-state index contributed by atoms with van der Waals surface area (Å²) in [6.07, 6.45) is 1.37. The van der Waals surface area contributed by atoms with Gasteiger partial charge >= 0.3 is 0 Å². The van der Waals surface area contributed by atoms with Crippen molar-refractivity contribution in [1.29, 1.82) is 0 Å². The minimum absolute atomic E-state index is 0.0653. The van der Waals surface area contributed by atoms with E-state index >= 15 is 0 Å². The second-order valence-electron chi connectivity index (χ2n) is 6.83. The third-order valence-electron chi connectivity index (χ3n) is 4.64. The number of carbonyl (C=O) groups is 2. The number of benzene rings is 2. The second kappa shape index (κ2) is 8.79. The molecule has 0 fully saturated rings. The van der Waals surface area contributed by atoms with E-state index in [4.69, 9.17) is 23.2 Å². The highest BCUT2D eigenvalue weighted by molar-refractivity contribution is 6.30. The van der Waals surface area contributed by atoms with E-state index in [-0.39, 0.29) is 24.8 Å². The molecule has 0 unspecified atom stereocenters. The maximum atomic E-state index is 12.0. The van der Waals surface area contributed by atoms with E-state index in [1.165, 1.54) is 0 Å².